The van der Waals surface area contributed by atoms with Crippen molar-refractivity contribution in [1.82, 2.24) is 5.32 Å². The highest BCUT2D eigenvalue weighted by Crippen LogP contribution is 2.28. The van der Waals surface area contributed by atoms with Crippen molar-refractivity contribution >= 4 is 5.91 Å². The minimum Gasteiger partial charge on any atom is -0.496 e. The first-order valence-electron chi connectivity index (χ1n) is 6.12. The van der Waals surface area contributed by atoms with Crippen LogP contribution in [0.1, 0.15) is 29.7 Å². The third kappa shape index (κ3) is 3.94. The van der Waals surface area contributed by atoms with Gasteiger partial charge in [0, 0.05) is 13.5 Å². The third-order valence-electron chi connectivity index (χ3n) is 3.03. The molecular formula is C14H21NO4. The highest BCUT2D eigenvalue weighted by atomic mass is 16.5. The number of aliphatic hydroxyl groups is 2. The van der Waals surface area contributed by atoms with E-state index in [0.717, 1.165) is 16.9 Å². The van der Waals surface area contributed by atoms with Gasteiger partial charge >= 0.3 is 0 Å². The smallest absolute Gasteiger partial charge is 0.216 e. The molecule has 0 aliphatic carbocycles. The molecule has 0 aliphatic heterocycles. The maximum absolute atomic E-state index is 10.8. The first kappa shape index (κ1) is 15.5. The Morgan fingerprint density at radius 2 is 1.95 bits per heavy atom. The average Bonchev–Trinajstić information content (AvgIpc) is 2.37. The molecule has 0 heterocycles. The molecule has 1 aromatic carbocycles. The van der Waals surface area contributed by atoms with E-state index in [1.54, 1.807) is 13.2 Å². The molecule has 1 rings (SSSR count). The Balaban J connectivity index is 2.90. The summed E-state index contributed by atoms with van der Waals surface area (Å²) in [5.41, 5.74) is 2.35. The fraction of sp³-hybridized carbons (Fsp3) is 0.500. The molecule has 1 aromatic rings. The van der Waals surface area contributed by atoms with Gasteiger partial charge in [-0.05, 0) is 42.7 Å². The molecule has 0 radical (unpaired) electrons. The van der Waals surface area contributed by atoms with Crippen LogP contribution >= 0.6 is 0 Å². The molecule has 19 heavy (non-hydrogen) atoms. The molecule has 0 spiro atoms. The Morgan fingerprint density at radius 3 is 2.47 bits per heavy atom. The van der Waals surface area contributed by atoms with Crippen molar-refractivity contribution in [1.29, 1.82) is 0 Å². The summed E-state index contributed by atoms with van der Waals surface area (Å²) in [6.07, 6.45) is -2.09. The monoisotopic (exact) mass is 267 g/mol. The number of hydrogen-bond acceptors (Lipinski definition) is 4. The zero-order valence-electron chi connectivity index (χ0n) is 11.7. The lowest BCUT2D eigenvalue weighted by molar-refractivity contribution is -0.119. The van der Waals surface area contributed by atoms with E-state index in [-0.39, 0.29) is 12.5 Å². The number of rotatable bonds is 5. The van der Waals surface area contributed by atoms with Gasteiger partial charge in [-0.2, -0.15) is 0 Å². The van der Waals surface area contributed by atoms with E-state index < -0.39 is 12.2 Å². The number of aryl methyl sites for hydroxylation is 2. The second-order valence-corrected chi connectivity index (χ2v) is 4.63. The van der Waals surface area contributed by atoms with Gasteiger partial charge in [-0.25, -0.2) is 0 Å². The van der Waals surface area contributed by atoms with Crippen molar-refractivity contribution in [2.75, 3.05) is 13.7 Å². The maximum Gasteiger partial charge on any atom is 0.216 e. The SMILES string of the molecule is COc1cc(C)c(C(O)C(O)CNC(C)=O)cc1C. The van der Waals surface area contributed by atoms with E-state index in [9.17, 15) is 15.0 Å². The Bertz CT molecular complexity index is 459. The van der Waals surface area contributed by atoms with Gasteiger partial charge in [-0.3, -0.25) is 4.79 Å². The Morgan fingerprint density at radius 1 is 1.32 bits per heavy atom. The van der Waals surface area contributed by atoms with Crippen molar-refractivity contribution in [3.8, 4) is 5.75 Å². The Kier molecular flexibility index (Phi) is 5.32. The first-order chi connectivity index (χ1) is 8.86. The molecule has 0 bridgehead atoms. The number of carbonyl (C=O) groups is 1. The lowest BCUT2D eigenvalue weighted by Crippen LogP contribution is -2.34. The molecule has 0 saturated heterocycles. The summed E-state index contributed by atoms with van der Waals surface area (Å²) in [7, 11) is 1.59. The van der Waals surface area contributed by atoms with Crippen molar-refractivity contribution in [2.24, 2.45) is 0 Å². The molecule has 2 atom stereocenters. The lowest BCUT2D eigenvalue weighted by Gasteiger charge is -2.21. The summed E-state index contributed by atoms with van der Waals surface area (Å²) < 4.78 is 5.20. The summed E-state index contributed by atoms with van der Waals surface area (Å²) >= 11 is 0. The lowest BCUT2D eigenvalue weighted by atomic mass is 9.96. The van der Waals surface area contributed by atoms with Crippen molar-refractivity contribution in [3.63, 3.8) is 0 Å². The zero-order chi connectivity index (χ0) is 14.6. The van der Waals surface area contributed by atoms with Gasteiger partial charge in [-0.15, -0.1) is 0 Å². The molecule has 0 aromatic heterocycles. The number of amides is 1. The van der Waals surface area contributed by atoms with Crippen molar-refractivity contribution in [2.45, 2.75) is 33.0 Å². The largest absolute Gasteiger partial charge is 0.496 e. The standard InChI is InChI=1S/C14H21NO4/c1-8-6-13(19-4)9(2)5-11(8)14(18)12(17)7-15-10(3)16/h5-6,12,14,17-18H,7H2,1-4H3,(H,15,16). The molecule has 0 aliphatic rings. The number of ether oxygens (including phenoxy) is 1. The van der Waals surface area contributed by atoms with Crippen LogP contribution in [-0.2, 0) is 4.79 Å². The number of nitrogens with one attached hydrogen (secondary N) is 1. The average molecular weight is 267 g/mol. The predicted molar refractivity (Wildman–Crippen MR) is 72.1 cm³/mol. The highest BCUT2D eigenvalue weighted by Gasteiger charge is 2.21. The normalized spacial score (nSPS) is 13.8. The van der Waals surface area contributed by atoms with Crippen LogP contribution in [0.25, 0.3) is 0 Å². The molecule has 0 saturated carbocycles. The van der Waals surface area contributed by atoms with Crippen LogP contribution in [0.15, 0.2) is 12.1 Å². The van der Waals surface area contributed by atoms with Crippen molar-refractivity contribution < 1.29 is 19.7 Å². The molecule has 3 N–H and O–H groups in total. The van der Waals surface area contributed by atoms with E-state index >= 15 is 0 Å². The van der Waals surface area contributed by atoms with Crippen molar-refractivity contribution in [3.05, 3.63) is 28.8 Å². The Hall–Kier alpha value is -1.59. The van der Waals surface area contributed by atoms with Gasteiger partial charge in [0.1, 0.15) is 18.0 Å². The van der Waals surface area contributed by atoms with Crippen LogP contribution in [0.5, 0.6) is 5.75 Å². The molecule has 2 unspecified atom stereocenters. The van der Waals surface area contributed by atoms with Gasteiger partial charge in [0.15, 0.2) is 0 Å². The summed E-state index contributed by atoms with van der Waals surface area (Å²) in [6.45, 7) is 5.09. The van der Waals surface area contributed by atoms with Gasteiger partial charge in [0.25, 0.3) is 0 Å². The molecule has 5 heteroatoms. The maximum atomic E-state index is 10.8. The quantitative estimate of drug-likeness (QED) is 0.739. The summed E-state index contributed by atoms with van der Waals surface area (Å²) in [6, 6.07) is 3.61. The summed E-state index contributed by atoms with van der Waals surface area (Å²) in [4.78, 5) is 10.8. The minimum atomic E-state index is -1.05. The molecule has 5 nitrogen and oxygen atoms in total. The zero-order valence-corrected chi connectivity index (χ0v) is 11.7. The van der Waals surface area contributed by atoms with E-state index in [1.165, 1.54) is 6.92 Å². The third-order valence-corrected chi connectivity index (χ3v) is 3.03. The molecule has 106 valence electrons. The van der Waals surface area contributed by atoms with Gasteiger partial charge in [0.05, 0.1) is 7.11 Å². The second-order valence-electron chi connectivity index (χ2n) is 4.63. The summed E-state index contributed by atoms with van der Waals surface area (Å²) in [5, 5.41) is 22.5. The fourth-order valence-electron chi connectivity index (χ4n) is 1.92. The molecular weight excluding hydrogens is 246 g/mol. The number of methoxy groups -OCH3 is 1. The van der Waals surface area contributed by atoms with E-state index in [1.807, 2.05) is 19.9 Å². The van der Waals surface area contributed by atoms with Gasteiger partial charge in [-0.1, -0.05) is 0 Å². The predicted octanol–water partition coefficient (Wildman–Crippen LogP) is 0.842. The Labute approximate surface area is 113 Å². The second kappa shape index (κ2) is 6.54. The van der Waals surface area contributed by atoms with E-state index in [2.05, 4.69) is 5.32 Å². The highest BCUT2D eigenvalue weighted by molar-refractivity contribution is 5.72. The number of carbonyl (C=O) groups excluding carboxylic acids is 1. The number of aliphatic hydroxyl groups excluding tert-OH is 2. The van der Waals surface area contributed by atoms with Crippen LogP contribution in [-0.4, -0.2) is 35.9 Å². The van der Waals surface area contributed by atoms with Crippen LogP contribution < -0.4 is 10.1 Å². The van der Waals surface area contributed by atoms with Crippen LogP contribution in [0.3, 0.4) is 0 Å². The van der Waals surface area contributed by atoms with Crippen LogP contribution in [0, 0.1) is 13.8 Å². The van der Waals surface area contributed by atoms with E-state index in [0.29, 0.717) is 5.56 Å². The first-order valence-corrected chi connectivity index (χ1v) is 6.12. The van der Waals surface area contributed by atoms with Gasteiger partial charge in [0.2, 0.25) is 5.91 Å². The summed E-state index contributed by atoms with van der Waals surface area (Å²) in [5.74, 6) is 0.499. The van der Waals surface area contributed by atoms with Gasteiger partial charge < -0.3 is 20.3 Å². The molecule has 1 amide bonds. The number of benzene rings is 1. The number of hydrogen-bond donors (Lipinski definition) is 3. The van der Waals surface area contributed by atoms with Crippen LogP contribution in [0.4, 0.5) is 0 Å². The fourth-order valence-corrected chi connectivity index (χ4v) is 1.92. The van der Waals surface area contributed by atoms with E-state index in [4.69, 9.17) is 4.74 Å². The minimum absolute atomic E-state index is 0.0149. The topological polar surface area (TPSA) is 78.8 Å². The van der Waals surface area contributed by atoms with Crippen LogP contribution in [0.2, 0.25) is 0 Å². The molecule has 0 fully saturated rings.